The Morgan fingerprint density at radius 2 is 2.00 bits per heavy atom. The van der Waals surface area contributed by atoms with Gasteiger partial charge in [0, 0.05) is 28.6 Å². The molecule has 1 amide bonds. The largest absolute Gasteiger partial charge is 0.389 e. The standard InChI is InChI=1S/C13H18ClNO2S/c1-13(2,17)9-15-12(16)7-8-18-11-5-3-10(14)4-6-11/h3-6,17H,7-9H2,1-2H3,(H,15,16). The van der Waals surface area contributed by atoms with E-state index in [1.165, 1.54) is 0 Å². The summed E-state index contributed by atoms with van der Waals surface area (Å²) in [5.74, 6) is 0.665. The zero-order chi connectivity index (χ0) is 13.6. The van der Waals surface area contributed by atoms with Crippen LogP contribution < -0.4 is 5.32 Å². The number of aliphatic hydroxyl groups is 1. The first-order valence-corrected chi connectivity index (χ1v) is 7.11. The van der Waals surface area contributed by atoms with Crippen LogP contribution in [0.4, 0.5) is 0 Å². The van der Waals surface area contributed by atoms with Crippen molar-refractivity contribution in [2.45, 2.75) is 30.8 Å². The van der Waals surface area contributed by atoms with Crippen molar-refractivity contribution in [1.29, 1.82) is 0 Å². The van der Waals surface area contributed by atoms with Gasteiger partial charge < -0.3 is 10.4 Å². The Hall–Kier alpha value is -0.710. The predicted octanol–water partition coefficient (Wildman–Crippen LogP) is 2.71. The van der Waals surface area contributed by atoms with Gasteiger partial charge in [-0.1, -0.05) is 11.6 Å². The summed E-state index contributed by atoms with van der Waals surface area (Å²) in [6.07, 6.45) is 0.434. The minimum absolute atomic E-state index is 0.0430. The number of benzene rings is 1. The molecule has 5 heteroatoms. The molecule has 0 saturated heterocycles. The van der Waals surface area contributed by atoms with Crippen molar-refractivity contribution in [3.05, 3.63) is 29.3 Å². The van der Waals surface area contributed by atoms with Crippen molar-refractivity contribution in [3.8, 4) is 0 Å². The molecule has 18 heavy (non-hydrogen) atoms. The van der Waals surface area contributed by atoms with Crippen LogP contribution in [-0.4, -0.2) is 28.9 Å². The number of nitrogens with one attached hydrogen (secondary N) is 1. The van der Waals surface area contributed by atoms with E-state index >= 15 is 0 Å². The monoisotopic (exact) mass is 287 g/mol. The Bertz CT molecular complexity index is 387. The molecule has 0 atom stereocenters. The molecule has 1 rings (SSSR count). The highest BCUT2D eigenvalue weighted by Crippen LogP contribution is 2.20. The van der Waals surface area contributed by atoms with E-state index in [2.05, 4.69) is 5.32 Å². The van der Waals surface area contributed by atoms with Gasteiger partial charge in [0.05, 0.1) is 5.60 Å². The van der Waals surface area contributed by atoms with Crippen molar-refractivity contribution < 1.29 is 9.90 Å². The molecule has 0 aromatic heterocycles. The predicted molar refractivity (Wildman–Crippen MR) is 76.1 cm³/mol. The van der Waals surface area contributed by atoms with Gasteiger partial charge in [-0.2, -0.15) is 0 Å². The Balaban J connectivity index is 2.21. The summed E-state index contributed by atoms with van der Waals surface area (Å²) >= 11 is 7.39. The van der Waals surface area contributed by atoms with E-state index in [1.54, 1.807) is 25.6 Å². The van der Waals surface area contributed by atoms with Gasteiger partial charge in [0.2, 0.25) is 5.91 Å². The maximum absolute atomic E-state index is 11.5. The van der Waals surface area contributed by atoms with Gasteiger partial charge >= 0.3 is 0 Å². The van der Waals surface area contributed by atoms with Crippen LogP contribution in [0.25, 0.3) is 0 Å². The van der Waals surface area contributed by atoms with Crippen LogP contribution in [0.15, 0.2) is 29.2 Å². The summed E-state index contributed by atoms with van der Waals surface area (Å²) < 4.78 is 0. The molecule has 0 bridgehead atoms. The second-order valence-electron chi connectivity index (χ2n) is 4.64. The van der Waals surface area contributed by atoms with Crippen LogP contribution in [-0.2, 0) is 4.79 Å². The number of carbonyl (C=O) groups excluding carboxylic acids is 1. The van der Waals surface area contributed by atoms with E-state index in [1.807, 2.05) is 24.3 Å². The first kappa shape index (κ1) is 15.3. The first-order valence-electron chi connectivity index (χ1n) is 5.74. The zero-order valence-corrected chi connectivity index (χ0v) is 12.1. The third-order valence-electron chi connectivity index (χ3n) is 2.13. The molecule has 100 valence electrons. The molecule has 0 fully saturated rings. The minimum Gasteiger partial charge on any atom is -0.389 e. The topological polar surface area (TPSA) is 49.3 Å². The Morgan fingerprint density at radius 1 is 1.39 bits per heavy atom. The number of hydrogen-bond donors (Lipinski definition) is 2. The summed E-state index contributed by atoms with van der Waals surface area (Å²) in [5, 5.41) is 12.9. The molecule has 1 aromatic rings. The van der Waals surface area contributed by atoms with Gasteiger partial charge in [-0.15, -0.1) is 11.8 Å². The summed E-state index contributed by atoms with van der Waals surface area (Å²) in [7, 11) is 0. The third kappa shape index (κ3) is 6.89. The van der Waals surface area contributed by atoms with Gasteiger partial charge in [-0.25, -0.2) is 0 Å². The minimum atomic E-state index is -0.862. The zero-order valence-electron chi connectivity index (χ0n) is 10.6. The number of thioether (sulfide) groups is 1. The molecule has 0 radical (unpaired) electrons. The van der Waals surface area contributed by atoms with Gasteiger partial charge in [-0.3, -0.25) is 4.79 Å². The van der Waals surface area contributed by atoms with E-state index in [4.69, 9.17) is 11.6 Å². The smallest absolute Gasteiger partial charge is 0.220 e. The molecule has 1 aromatic carbocycles. The fourth-order valence-corrected chi connectivity index (χ4v) is 2.17. The molecule has 0 aliphatic heterocycles. The molecule has 2 N–H and O–H groups in total. The third-order valence-corrected chi connectivity index (χ3v) is 3.40. The van der Waals surface area contributed by atoms with Crippen molar-refractivity contribution in [2.75, 3.05) is 12.3 Å². The lowest BCUT2D eigenvalue weighted by molar-refractivity contribution is -0.121. The van der Waals surface area contributed by atoms with Crippen molar-refractivity contribution in [2.24, 2.45) is 0 Å². The summed E-state index contributed by atoms with van der Waals surface area (Å²) in [6.45, 7) is 3.60. The number of hydrogen-bond acceptors (Lipinski definition) is 3. The lowest BCUT2D eigenvalue weighted by Gasteiger charge is -2.17. The first-order chi connectivity index (χ1) is 8.37. The summed E-state index contributed by atoms with van der Waals surface area (Å²) in [6, 6.07) is 7.53. The SMILES string of the molecule is CC(C)(O)CNC(=O)CCSc1ccc(Cl)cc1. The van der Waals surface area contributed by atoms with Crippen LogP contribution >= 0.6 is 23.4 Å². The molecular weight excluding hydrogens is 270 g/mol. The Morgan fingerprint density at radius 3 is 2.56 bits per heavy atom. The number of carbonyl (C=O) groups is 1. The molecule has 0 saturated carbocycles. The lowest BCUT2D eigenvalue weighted by Crippen LogP contribution is -2.38. The van der Waals surface area contributed by atoms with Crippen molar-refractivity contribution in [3.63, 3.8) is 0 Å². The molecule has 3 nitrogen and oxygen atoms in total. The van der Waals surface area contributed by atoms with Crippen LogP contribution in [0.3, 0.4) is 0 Å². The highest BCUT2D eigenvalue weighted by molar-refractivity contribution is 7.99. The molecule has 0 heterocycles. The maximum atomic E-state index is 11.5. The quantitative estimate of drug-likeness (QED) is 0.791. The number of rotatable bonds is 6. The normalized spacial score (nSPS) is 11.3. The summed E-state index contributed by atoms with van der Waals surface area (Å²) in [5.41, 5.74) is -0.862. The molecule has 0 aliphatic rings. The lowest BCUT2D eigenvalue weighted by atomic mass is 10.1. The Kier molecular flexibility index (Phi) is 5.99. The van der Waals surface area contributed by atoms with Crippen molar-refractivity contribution >= 4 is 29.3 Å². The van der Waals surface area contributed by atoms with Crippen LogP contribution in [0, 0.1) is 0 Å². The maximum Gasteiger partial charge on any atom is 0.220 e. The highest BCUT2D eigenvalue weighted by Gasteiger charge is 2.13. The van der Waals surface area contributed by atoms with Gasteiger partial charge in [0.25, 0.3) is 0 Å². The van der Waals surface area contributed by atoms with Gasteiger partial charge in [0.15, 0.2) is 0 Å². The molecule has 0 spiro atoms. The van der Waals surface area contributed by atoms with Crippen LogP contribution in [0.2, 0.25) is 5.02 Å². The van der Waals surface area contributed by atoms with Crippen LogP contribution in [0.5, 0.6) is 0 Å². The van der Waals surface area contributed by atoms with Gasteiger partial charge in [0.1, 0.15) is 0 Å². The van der Waals surface area contributed by atoms with E-state index < -0.39 is 5.60 Å². The van der Waals surface area contributed by atoms with Gasteiger partial charge in [-0.05, 0) is 38.1 Å². The second-order valence-corrected chi connectivity index (χ2v) is 6.25. The average molecular weight is 288 g/mol. The number of amides is 1. The van der Waals surface area contributed by atoms with Crippen LogP contribution in [0.1, 0.15) is 20.3 Å². The molecular formula is C13H18ClNO2S. The average Bonchev–Trinajstić information content (AvgIpc) is 2.28. The van der Waals surface area contributed by atoms with E-state index in [9.17, 15) is 9.90 Å². The van der Waals surface area contributed by atoms with E-state index in [0.717, 1.165) is 4.90 Å². The Labute approximate surface area is 117 Å². The number of halogens is 1. The fraction of sp³-hybridized carbons (Fsp3) is 0.462. The fourth-order valence-electron chi connectivity index (χ4n) is 1.20. The van der Waals surface area contributed by atoms with Crippen molar-refractivity contribution in [1.82, 2.24) is 5.32 Å². The summed E-state index contributed by atoms with van der Waals surface area (Å²) in [4.78, 5) is 12.6. The molecule has 0 unspecified atom stereocenters. The van der Waals surface area contributed by atoms with E-state index in [0.29, 0.717) is 17.2 Å². The van der Waals surface area contributed by atoms with E-state index in [-0.39, 0.29) is 12.5 Å². The second kappa shape index (κ2) is 7.02. The highest BCUT2D eigenvalue weighted by atomic mass is 35.5. The molecule has 0 aliphatic carbocycles.